The van der Waals surface area contributed by atoms with Crippen LogP contribution in [0, 0.1) is 6.92 Å². The highest BCUT2D eigenvalue weighted by Gasteiger charge is 2.17. The van der Waals surface area contributed by atoms with Gasteiger partial charge in [0.25, 0.3) is 0 Å². The number of rotatable bonds is 5. The van der Waals surface area contributed by atoms with Gasteiger partial charge in [0.2, 0.25) is 0 Å². The average molecular weight is 265 g/mol. The van der Waals surface area contributed by atoms with E-state index in [-0.39, 0.29) is 6.04 Å². The van der Waals surface area contributed by atoms with Crippen molar-refractivity contribution in [3.05, 3.63) is 52.7 Å². The molecule has 0 fully saturated rings. The number of aryl methyl sites for hydroxylation is 1. The molecule has 1 N–H and O–H groups in total. The minimum atomic E-state index is 0.00514. The van der Waals surface area contributed by atoms with Gasteiger partial charge in [-0.05, 0) is 55.3 Å². The second-order valence-corrected chi connectivity index (χ2v) is 4.63. The first kappa shape index (κ1) is 13.1. The lowest BCUT2D eigenvalue weighted by atomic mass is 10.1. The van der Waals surface area contributed by atoms with Crippen molar-refractivity contribution in [1.82, 2.24) is 10.3 Å². The normalized spacial score (nSPS) is 12.6. The summed E-state index contributed by atoms with van der Waals surface area (Å²) in [6.07, 6.45) is 2.93. The van der Waals surface area contributed by atoms with Crippen LogP contribution in [0.1, 0.15) is 36.4 Å². The maximum atomic E-state index is 5.84. The number of nitrogens with zero attached hydrogens (tertiary/aromatic N) is 1. The Morgan fingerprint density at radius 1 is 1.33 bits per heavy atom. The van der Waals surface area contributed by atoms with Crippen molar-refractivity contribution in [2.75, 3.05) is 6.54 Å². The zero-order valence-corrected chi connectivity index (χ0v) is 11.4. The minimum absolute atomic E-state index is 0.00514. The van der Waals surface area contributed by atoms with Gasteiger partial charge >= 0.3 is 0 Å². The van der Waals surface area contributed by atoms with Crippen LogP contribution in [0.3, 0.4) is 0 Å². The van der Waals surface area contributed by atoms with E-state index in [1.165, 1.54) is 0 Å². The fourth-order valence-corrected chi connectivity index (χ4v) is 1.96. The molecule has 96 valence electrons. The van der Waals surface area contributed by atoms with E-state index in [0.717, 1.165) is 30.0 Å². The second-order valence-electron chi connectivity index (χ2n) is 4.26. The van der Waals surface area contributed by atoms with E-state index in [0.29, 0.717) is 5.22 Å². The Morgan fingerprint density at radius 2 is 2.17 bits per heavy atom. The molecule has 2 heterocycles. The van der Waals surface area contributed by atoms with Gasteiger partial charge in [-0.1, -0.05) is 13.0 Å². The first-order chi connectivity index (χ1) is 8.70. The molecule has 2 rings (SSSR count). The molecule has 2 aromatic heterocycles. The Morgan fingerprint density at radius 3 is 2.72 bits per heavy atom. The number of nitrogens with one attached hydrogen (secondary N) is 1. The van der Waals surface area contributed by atoms with Gasteiger partial charge in [-0.3, -0.25) is 4.98 Å². The molecular weight excluding hydrogens is 248 g/mol. The Labute approximate surface area is 112 Å². The molecule has 0 aliphatic rings. The highest BCUT2D eigenvalue weighted by molar-refractivity contribution is 6.28. The molecule has 0 bridgehead atoms. The lowest BCUT2D eigenvalue weighted by Crippen LogP contribution is -2.22. The lowest BCUT2D eigenvalue weighted by Gasteiger charge is -2.16. The van der Waals surface area contributed by atoms with Crippen LogP contribution in [0.4, 0.5) is 0 Å². The first-order valence-electron chi connectivity index (χ1n) is 6.12. The predicted molar refractivity (Wildman–Crippen MR) is 72.8 cm³/mol. The van der Waals surface area contributed by atoms with Crippen molar-refractivity contribution < 1.29 is 4.42 Å². The molecule has 0 saturated heterocycles. The zero-order chi connectivity index (χ0) is 13.0. The van der Waals surface area contributed by atoms with Crippen molar-refractivity contribution in [2.24, 2.45) is 0 Å². The summed E-state index contributed by atoms with van der Waals surface area (Å²) in [5, 5.41) is 3.85. The van der Waals surface area contributed by atoms with Gasteiger partial charge in [0.15, 0.2) is 5.22 Å². The van der Waals surface area contributed by atoms with Gasteiger partial charge in [0.1, 0.15) is 5.76 Å². The lowest BCUT2D eigenvalue weighted by molar-refractivity contribution is 0.447. The van der Waals surface area contributed by atoms with Crippen molar-refractivity contribution >= 4 is 11.6 Å². The SMILES string of the molecule is CCCNC(c1ccc(C)nc1)c1ccc(Cl)o1. The number of halogens is 1. The smallest absolute Gasteiger partial charge is 0.193 e. The van der Waals surface area contributed by atoms with E-state index in [4.69, 9.17) is 16.0 Å². The van der Waals surface area contributed by atoms with Crippen LogP contribution in [-0.2, 0) is 0 Å². The molecule has 0 aromatic carbocycles. The Hall–Kier alpha value is -1.32. The summed E-state index contributed by atoms with van der Waals surface area (Å²) in [6, 6.07) is 7.73. The standard InChI is InChI=1S/C14H17ClN2O/c1-3-8-16-14(12-6-7-13(15)18-12)11-5-4-10(2)17-9-11/h4-7,9,14,16H,3,8H2,1-2H3. The van der Waals surface area contributed by atoms with Crippen LogP contribution < -0.4 is 5.32 Å². The highest BCUT2D eigenvalue weighted by Crippen LogP contribution is 2.25. The summed E-state index contributed by atoms with van der Waals surface area (Å²) in [5.74, 6) is 0.819. The molecule has 2 aromatic rings. The number of hydrogen-bond donors (Lipinski definition) is 1. The number of pyridine rings is 1. The highest BCUT2D eigenvalue weighted by atomic mass is 35.5. The molecule has 0 spiro atoms. The van der Waals surface area contributed by atoms with Gasteiger partial charge in [-0.2, -0.15) is 0 Å². The maximum Gasteiger partial charge on any atom is 0.193 e. The summed E-state index contributed by atoms with van der Waals surface area (Å²) in [4.78, 5) is 4.33. The third-order valence-corrected chi connectivity index (χ3v) is 2.95. The van der Waals surface area contributed by atoms with Gasteiger partial charge in [-0.15, -0.1) is 0 Å². The van der Waals surface area contributed by atoms with Crippen LogP contribution >= 0.6 is 11.6 Å². The molecule has 0 saturated carbocycles. The number of aromatic nitrogens is 1. The maximum absolute atomic E-state index is 5.84. The van der Waals surface area contributed by atoms with E-state index >= 15 is 0 Å². The Bertz CT molecular complexity index is 493. The quantitative estimate of drug-likeness (QED) is 0.894. The summed E-state index contributed by atoms with van der Waals surface area (Å²) in [5.41, 5.74) is 2.09. The van der Waals surface area contributed by atoms with E-state index < -0.39 is 0 Å². The van der Waals surface area contributed by atoms with Crippen molar-refractivity contribution in [3.63, 3.8) is 0 Å². The number of hydrogen-bond acceptors (Lipinski definition) is 3. The summed E-state index contributed by atoms with van der Waals surface area (Å²) in [7, 11) is 0. The Balaban J connectivity index is 2.27. The molecule has 0 radical (unpaired) electrons. The Kier molecular flexibility index (Phi) is 4.39. The molecule has 0 aliphatic heterocycles. The summed E-state index contributed by atoms with van der Waals surface area (Å²) >= 11 is 5.84. The number of furan rings is 1. The van der Waals surface area contributed by atoms with Crippen molar-refractivity contribution in [1.29, 1.82) is 0 Å². The van der Waals surface area contributed by atoms with Crippen LogP contribution in [0.25, 0.3) is 0 Å². The molecule has 18 heavy (non-hydrogen) atoms. The average Bonchev–Trinajstić information content (AvgIpc) is 2.78. The second kappa shape index (κ2) is 6.03. The van der Waals surface area contributed by atoms with Gasteiger partial charge in [0, 0.05) is 11.9 Å². The summed E-state index contributed by atoms with van der Waals surface area (Å²) in [6.45, 7) is 5.02. The topological polar surface area (TPSA) is 38.1 Å². The molecule has 3 nitrogen and oxygen atoms in total. The third-order valence-electron chi connectivity index (χ3n) is 2.74. The van der Waals surface area contributed by atoms with Gasteiger partial charge < -0.3 is 9.73 Å². The third kappa shape index (κ3) is 3.12. The van der Waals surface area contributed by atoms with Gasteiger partial charge in [0.05, 0.1) is 6.04 Å². The van der Waals surface area contributed by atoms with E-state index in [2.05, 4.69) is 23.3 Å². The molecule has 1 atom stereocenters. The van der Waals surface area contributed by atoms with E-state index in [9.17, 15) is 0 Å². The van der Waals surface area contributed by atoms with Crippen molar-refractivity contribution in [3.8, 4) is 0 Å². The fraction of sp³-hybridized carbons (Fsp3) is 0.357. The monoisotopic (exact) mass is 264 g/mol. The minimum Gasteiger partial charge on any atom is -0.448 e. The van der Waals surface area contributed by atoms with E-state index in [1.54, 1.807) is 6.07 Å². The van der Waals surface area contributed by atoms with Crippen LogP contribution in [0.5, 0.6) is 0 Å². The summed E-state index contributed by atoms with van der Waals surface area (Å²) < 4.78 is 5.50. The molecule has 1 unspecified atom stereocenters. The zero-order valence-electron chi connectivity index (χ0n) is 10.6. The van der Waals surface area contributed by atoms with Gasteiger partial charge in [-0.25, -0.2) is 0 Å². The molecule has 0 aliphatic carbocycles. The van der Waals surface area contributed by atoms with Crippen LogP contribution in [0.2, 0.25) is 5.22 Å². The van der Waals surface area contributed by atoms with E-state index in [1.807, 2.05) is 25.3 Å². The van der Waals surface area contributed by atoms with Crippen LogP contribution in [-0.4, -0.2) is 11.5 Å². The predicted octanol–water partition coefficient (Wildman–Crippen LogP) is 3.73. The fourth-order valence-electron chi connectivity index (χ4n) is 1.80. The van der Waals surface area contributed by atoms with Crippen LogP contribution in [0.15, 0.2) is 34.9 Å². The van der Waals surface area contributed by atoms with Crippen molar-refractivity contribution in [2.45, 2.75) is 26.3 Å². The first-order valence-corrected chi connectivity index (χ1v) is 6.49. The molecule has 0 amide bonds. The molecular formula is C14H17ClN2O. The largest absolute Gasteiger partial charge is 0.448 e. The molecule has 4 heteroatoms.